The smallest absolute Gasteiger partial charge is 0.0177 e. The summed E-state index contributed by atoms with van der Waals surface area (Å²) in [6, 6.07) is 8.77. The van der Waals surface area contributed by atoms with Crippen LogP contribution in [0.25, 0.3) is 0 Å². The van der Waals surface area contributed by atoms with Crippen molar-refractivity contribution >= 4 is 15.9 Å². The Balaban J connectivity index is 2.33. The van der Waals surface area contributed by atoms with Crippen LogP contribution in [0, 0.1) is 5.92 Å². The van der Waals surface area contributed by atoms with Gasteiger partial charge in [-0.25, -0.2) is 0 Å². The minimum Gasteiger partial charge on any atom is -0.317 e. The predicted octanol–water partition coefficient (Wildman–Crippen LogP) is 5.97. The van der Waals surface area contributed by atoms with Gasteiger partial charge >= 0.3 is 0 Å². The van der Waals surface area contributed by atoms with Crippen LogP contribution in [0.5, 0.6) is 0 Å². The van der Waals surface area contributed by atoms with Crippen LogP contribution in [0.1, 0.15) is 64.4 Å². The summed E-state index contributed by atoms with van der Waals surface area (Å²) in [7, 11) is 0. The molecule has 120 valence electrons. The molecule has 0 amide bonds. The highest BCUT2D eigenvalue weighted by Gasteiger charge is 2.09. The van der Waals surface area contributed by atoms with Crippen LogP contribution in [-0.4, -0.2) is 13.1 Å². The topological polar surface area (TPSA) is 12.0 Å². The molecule has 1 rings (SSSR count). The molecule has 1 aromatic carbocycles. The summed E-state index contributed by atoms with van der Waals surface area (Å²) in [6.07, 6.45) is 10.9. The lowest BCUT2D eigenvalue weighted by Crippen LogP contribution is -2.24. The number of unbranched alkanes of at least 4 members (excludes halogenated alkanes) is 5. The maximum Gasteiger partial charge on any atom is 0.0177 e. The number of hydrogen-bond donors (Lipinski definition) is 1. The summed E-state index contributed by atoms with van der Waals surface area (Å²) < 4.78 is 1.20. The highest BCUT2D eigenvalue weighted by atomic mass is 79.9. The second-order valence-corrected chi connectivity index (χ2v) is 6.98. The second kappa shape index (κ2) is 12.2. The molecule has 0 aliphatic rings. The quantitative estimate of drug-likeness (QED) is 0.456. The molecule has 0 heterocycles. The molecule has 0 aromatic heterocycles. The highest BCUT2D eigenvalue weighted by molar-refractivity contribution is 9.10. The molecular formula is C19H32BrN. The molecule has 0 aliphatic heterocycles. The Hall–Kier alpha value is -0.340. The van der Waals surface area contributed by atoms with Crippen LogP contribution >= 0.6 is 15.9 Å². The molecule has 1 atom stereocenters. The van der Waals surface area contributed by atoms with E-state index < -0.39 is 0 Å². The molecule has 0 saturated heterocycles. The van der Waals surface area contributed by atoms with E-state index in [2.05, 4.69) is 59.4 Å². The molecule has 21 heavy (non-hydrogen) atoms. The molecule has 0 bridgehead atoms. The van der Waals surface area contributed by atoms with E-state index in [1.807, 2.05) is 0 Å². The number of benzene rings is 1. The fourth-order valence-electron chi connectivity index (χ4n) is 2.84. The molecule has 1 aromatic rings. The van der Waals surface area contributed by atoms with E-state index in [1.165, 1.54) is 61.4 Å². The Morgan fingerprint density at radius 2 is 1.81 bits per heavy atom. The predicted molar refractivity (Wildman–Crippen MR) is 97.9 cm³/mol. The Bertz CT molecular complexity index is 364. The first-order chi connectivity index (χ1) is 10.3. The molecule has 0 radical (unpaired) electrons. The van der Waals surface area contributed by atoms with Crippen LogP contribution in [0.4, 0.5) is 0 Å². The van der Waals surface area contributed by atoms with Crippen molar-refractivity contribution < 1.29 is 0 Å². The van der Waals surface area contributed by atoms with Crippen molar-refractivity contribution in [3.8, 4) is 0 Å². The van der Waals surface area contributed by atoms with Crippen LogP contribution in [0.15, 0.2) is 28.7 Å². The highest BCUT2D eigenvalue weighted by Crippen LogP contribution is 2.19. The van der Waals surface area contributed by atoms with E-state index >= 15 is 0 Å². The molecule has 0 fully saturated rings. The monoisotopic (exact) mass is 353 g/mol. The second-order valence-electron chi connectivity index (χ2n) is 6.06. The maximum atomic E-state index is 3.58. The fraction of sp³-hybridized carbons (Fsp3) is 0.684. The van der Waals surface area contributed by atoms with E-state index in [1.54, 1.807) is 0 Å². The Labute approximate surface area is 140 Å². The Morgan fingerprint density at radius 3 is 2.52 bits per heavy atom. The van der Waals surface area contributed by atoms with Crippen LogP contribution in [0.2, 0.25) is 0 Å². The van der Waals surface area contributed by atoms with Gasteiger partial charge in [0, 0.05) is 4.47 Å². The zero-order valence-electron chi connectivity index (χ0n) is 13.8. The molecule has 1 unspecified atom stereocenters. The lowest BCUT2D eigenvalue weighted by Gasteiger charge is -2.17. The fourth-order valence-corrected chi connectivity index (χ4v) is 3.28. The average Bonchev–Trinajstić information content (AvgIpc) is 2.48. The Morgan fingerprint density at radius 1 is 1.05 bits per heavy atom. The van der Waals surface area contributed by atoms with Crippen molar-refractivity contribution in [1.82, 2.24) is 5.32 Å². The van der Waals surface area contributed by atoms with Crippen LogP contribution in [0.3, 0.4) is 0 Å². The van der Waals surface area contributed by atoms with Crippen molar-refractivity contribution in [2.24, 2.45) is 5.92 Å². The first-order valence-corrected chi connectivity index (χ1v) is 9.50. The largest absolute Gasteiger partial charge is 0.317 e. The van der Waals surface area contributed by atoms with Gasteiger partial charge in [-0.2, -0.15) is 0 Å². The van der Waals surface area contributed by atoms with E-state index in [0.29, 0.717) is 0 Å². The molecule has 1 N–H and O–H groups in total. The van der Waals surface area contributed by atoms with Gasteiger partial charge in [0.1, 0.15) is 0 Å². The average molecular weight is 354 g/mol. The van der Waals surface area contributed by atoms with Gasteiger partial charge < -0.3 is 5.32 Å². The summed E-state index contributed by atoms with van der Waals surface area (Å²) >= 11 is 3.58. The third kappa shape index (κ3) is 9.31. The van der Waals surface area contributed by atoms with Gasteiger partial charge in [-0.15, -0.1) is 0 Å². The third-order valence-electron chi connectivity index (χ3n) is 4.06. The molecule has 0 spiro atoms. The first-order valence-electron chi connectivity index (χ1n) is 8.71. The van der Waals surface area contributed by atoms with Gasteiger partial charge in [0.2, 0.25) is 0 Å². The van der Waals surface area contributed by atoms with E-state index in [0.717, 1.165) is 19.0 Å². The summed E-state index contributed by atoms with van der Waals surface area (Å²) in [5.74, 6) is 0.769. The zero-order valence-corrected chi connectivity index (χ0v) is 15.4. The Kier molecular flexibility index (Phi) is 10.9. The van der Waals surface area contributed by atoms with Gasteiger partial charge in [-0.3, -0.25) is 0 Å². The summed E-state index contributed by atoms with van der Waals surface area (Å²) in [6.45, 7) is 6.70. The van der Waals surface area contributed by atoms with Crippen molar-refractivity contribution in [3.63, 3.8) is 0 Å². The summed E-state index contributed by atoms with van der Waals surface area (Å²) in [4.78, 5) is 0. The molecular weight excluding hydrogens is 322 g/mol. The third-order valence-corrected chi connectivity index (χ3v) is 4.56. The van der Waals surface area contributed by atoms with Crippen molar-refractivity contribution in [2.75, 3.05) is 13.1 Å². The zero-order chi connectivity index (χ0) is 15.3. The lowest BCUT2D eigenvalue weighted by atomic mass is 9.93. The SMILES string of the molecule is CCCCCCCCC(CNCC)Cc1cccc(Br)c1. The summed E-state index contributed by atoms with van der Waals surface area (Å²) in [5, 5.41) is 3.53. The van der Waals surface area contributed by atoms with Crippen LogP contribution < -0.4 is 5.32 Å². The summed E-state index contributed by atoms with van der Waals surface area (Å²) in [5.41, 5.74) is 1.46. The number of halogens is 1. The van der Waals surface area contributed by atoms with E-state index in [4.69, 9.17) is 0 Å². The minimum absolute atomic E-state index is 0.769. The van der Waals surface area contributed by atoms with E-state index in [9.17, 15) is 0 Å². The van der Waals surface area contributed by atoms with Crippen molar-refractivity contribution in [1.29, 1.82) is 0 Å². The number of rotatable bonds is 12. The lowest BCUT2D eigenvalue weighted by molar-refractivity contribution is 0.423. The van der Waals surface area contributed by atoms with Crippen LogP contribution in [-0.2, 0) is 6.42 Å². The number of nitrogens with one attached hydrogen (secondary N) is 1. The van der Waals surface area contributed by atoms with Gasteiger partial charge in [-0.1, -0.05) is 80.4 Å². The number of hydrogen-bond acceptors (Lipinski definition) is 1. The molecule has 0 saturated carbocycles. The maximum absolute atomic E-state index is 3.58. The van der Waals surface area contributed by atoms with Gasteiger partial charge in [0.05, 0.1) is 0 Å². The van der Waals surface area contributed by atoms with Gasteiger partial charge in [0.15, 0.2) is 0 Å². The van der Waals surface area contributed by atoms with Crippen molar-refractivity contribution in [3.05, 3.63) is 34.3 Å². The molecule has 1 nitrogen and oxygen atoms in total. The minimum atomic E-state index is 0.769. The van der Waals surface area contributed by atoms with Crippen molar-refractivity contribution in [2.45, 2.75) is 65.2 Å². The van der Waals surface area contributed by atoms with Gasteiger partial charge in [0.25, 0.3) is 0 Å². The van der Waals surface area contributed by atoms with E-state index in [-0.39, 0.29) is 0 Å². The standard InChI is InChI=1S/C19H32BrN/c1-3-5-6-7-8-9-11-18(16-21-4-2)14-17-12-10-13-19(20)15-17/h10,12-13,15,18,21H,3-9,11,14,16H2,1-2H3. The molecule has 2 heteroatoms. The molecule has 0 aliphatic carbocycles. The van der Waals surface area contributed by atoms with Gasteiger partial charge in [-0.05, 0) is 49.5 Å². The normalized spacial score (nSPS) is 12.5. The first kappa shape index (κ1) is 18.7.